The summed E-state index contributed by atoms with van der Waals surface area (Å²) in [5.41, 5.74) is 0.984. The molecule has 0 aliphatic heterocycles. The number of hydrogen-bond donors (Lipinski definition) is 1. The highest BCUT2D eigenvalue weighted by Gasteiger charge is 2.04. The van der Waals surface area contributed by atoms with E-state index >= 15 is 0 Å². The molecule has 0 bridgehead atoms. The maximum absolute atomic E-state index is 4.46. The van der Waals surface area contributed by atoms with Gasteiger partial charge in [0.15, 0.2) is 0 Å². The fourth-order valence-corrected chi connectivity index (χ4v) is 2.43. The number of likely N-dealkylation sites (N-methyl/N-ethyl adjacent to an activating group) is 1. The lowest BCUT2D eigenvalue weighted by Crippen LogP contribution is -2.21. The average Bonchev–Trinajstić information content (AvgIpc) is 2.96. The third kappa shape index (κ3) is 4.29. The predicted octanol–water partition coefficient (Wildman–Crippen LogP) is 2.33. The minimum absolute atomic E-state index is 0.780. The van der Waals surface area contributed by atoms with E-state index in [9.17, 15) is 0 Å². The summed E-state index contributed by atoms with van der Waals surface area (Å²) in [5, 5.41) is 5.36. The van der Waals surface area contributed by atoms with Crippen LogP contribution < -0.4 is 10.2 Å². The topological polar surface area (TPSA) is 41.1 Å². The van der Waals surface area contributed by atoms with Gasteiger partial charge in [-0.15, -0.1) is 11.3 Å². The smallest absolute Gasteiger partial charge is 0.146 e. The molecule has 0 aliphatic carbocycles. The molecule has 0 amide bonds. The second-order valence-electron chi connectivity index (χ2n) is 4.40. The Kier molecular flexibility index (Phi) is 5.30. The second kappa shape index (κ2) is 7.21. The first-order chi connectivity index (χ1) is 9.29. The molecule has 0 atom stereocenters. The van der Waals surface area contributed by atoms with E-state index in [0.29, 0.717) is 0 Å². The molecule has 0 saturated carbocycles. The fraction of sp³-hybridized carbons (Fsp3) is 0.429. The number of hydrogen-bond acceptors (Lipinski definition) is 5. The molecule has 2 aromatic rings. The number of thiophene rings is 1. The van der Waals surface area contributed by atoms with E-state index in [-0.39, 0.29) is 0 Å². The van der Waals surface area contributed by atoms with Crippen molar-refractivity contribution in [2.24, 2.45) is 0 Å². The summed E-state index contributed by atoms with van der Waals surface area (Å²) in [4.78, 5) is 12.4. The summed E-state index contributed by atoms with van der Waals surface area (Å²) < 4.78 is 0. The summed E-state index contributed by atoms with van der Waals surface area (Å²) in [6.07, 6.45) is 4.75. The lowest BCUT2D eigenvalue weighted by molar-refractivity contribution is 0.706. The van der Waals surface area contributed by atoms with Crippen LogP contribution in [0.5, 0.6) is 0 Å². The Labute approximate surface area is 118 Å². The van der Waals surface area contributed by atoms with Crippen LogP contribution in [0.3, 0.4) is 0 Å². The quantitative estimate of drug-likeness (QED) is 0.842. The van der Waals surface area contributed by atoms with Gasteiger partial charge in [-0.1, -0.05) is 13.0 Å². The van der Waals surface area contributed by atoms with Gasteiger partial charge in [0, 0.05) is 25.0 Å². The van der Waals surface area contributed by atoms with E-state index in [1.807, 2.05) is 12.4 Å². The maximum atomic E-state index is 4.46. The summed E-state index contributed by atoms with van der Waals surface area (Å²) >= 11 is 1.80. The molecule has 102 valence electrons. The molecule has 2 aromatic heterocycles. The van der Waals surface area contributed by atoms with E-state index in [1.54, 1.807) is 11.3 Å². The van der Waals surface area contributed by atoms with Crippen molar-refractivity contribution in [1.82, 2.24) is 15.3 Å². The van der Waals surface area contributed by atoms with E-state index in [2.05, 4.69) is 51.7 Å². The molecule has 0 aliphatic rings. The van der Waals surface area contributed by atoms with Crippen molar-refractivity contribution in [3.05, 3.63) is 40.5 Å². The molecule has 2 heterocycles. The Morgan fingerprint density at radius 3 is 2.84 bits per heavy atom. The number of rotatable bonds is 7. The maximum Gasteiger partial charge on any atom is 0.146 e. The number of nitrogens with one attached hydrogen (secondary N) is 1. The Balaban J connectivity index is 1.86. The first kappa shape index (κ1) is 14.0. The van der Waals surface area contributed by atoms with Crippen LogP contribution in [0.15, 0.2) is 29.9 Å². The fourth-order valence-electron chi connectivity index (χ4n) is 1.74. The zero-order chi connectivity index (χ0) is 13.5. The van der Waals surface area contributed by atoms with Crippen LogP contribution in [0.1, 0.15) is 17.5 Å². The lowest BCUT2D eigenvalue weighted by Gasteiger charge is -2.17. The summed E-state index contributed by atoms with van der Waals surface area (Å²) in [5.74, 6) is 0.928. The molecule has 0 saturated heterocycles. The van der Waals surface area contributed by atoms with Gasteiger partial charge in [0.1, 0.15) is 5.82 Å². The monoisotopic (exact) mass is 276 g/mol. The van der Waals surface area contributed by atoms with Gasteiger partial charge in [0.05, 0.1) is 18.1 Å². The Hall–Kier alpha value is -1.46. The molecule has 1 N–H and O–H groups in total. The van der Waals surface area contributed by atoms with Crippen LogP contribution in [0, 0.1) is 0 Å². The molecule has 0 spiro atoms. The van der Waals surface area contributed by atoms with Gasteiger partial charge in [-0.25, -0.2) is 4.98 Å². The van der Waals surface area contributed by atoms with Crippen LogP contribution in [0.4, 0.5) is 5.82 Å². The van der Waals surface area contributed by atoms with Gasteiger partial charge in [0.25, 0.3) is 0 Å². The molecule has 19 heavy (non-hydrogen) atoms. The second-order valence-corrected chi connectivity index (χ2v) is 5.43. The molecular weight excluding hydrogens is 256 g/mol. The zero-order valence-electron chi connectivity index (χ0n) is 11.5. The molecule has 4 nitrogen and oxygen atoms in total. The molecule has 2 rings (SSSR count). The molecular formula is C14H20N4S. The SMILES string of the molecule is CCNCc1cnc(N(C)CCc2cccs2)cn1. The van der Waals surface area contributed by atoms with Crippen molar-refractivity contribution in [2.75, 3.05) is 25.0 Å². The highest BCUT2D eigenvalue weighted by Crippen LogP contribution is 2.12. The number of anilines is 1. The van der Waals surface area contributed by atoms with Gasteiger partial charge in [-0.2, -0.15) is 0 Å². The van der Waals surface area contributed by atoms with Crippen molar-refractivity contribution >= 4 is 17.2 Å². The van der Waals surface area contributed by atoms with Crippen molar-refractivity contribution < 1.29 is 0 Å². The van der Waals surface area contributed by atoms with Crippen LogP contribution in [-0.4, -0.2) is 30.1 Å². The van der Waals surface area contributed by atoms with Gasteiger partial charge in [-0.05, 0) is 24.4 Å². The zero-order valence-corrected chi connectivity index (χ0v) is 12.3. The molecule has 0 fully saturated rings. The normalized spacial score (nSPS) is 10.6. The van der Waals surface area contributed by atoms with E-state index in [0.717, 1.165) is 37.6 Å². The van der Waals surface area contributed by atoms with Gasteiger partial charge in [-0.3, -0.25) is 4.98 Å². The van der Waals surface area contributed by atoms with E-state index in [1.165, 1.54) is 4.88 Å². The Morgan fingerprint density at radius 1 is 1.32 bits per heavy atom. The predicted molar refractivity (Wildman–Crippen MR) is 80.7 cm³/mol. The highest BCUT2D eigenvalue weighted by molar-refractivity contribution is 7.09. The van der Waals surface area contributed by atoms with Gasteiger partial charge in [0.2, 0.25) is 0 Å². The van der Waals surface area contributed by atoms with Gasteiger partial charge >= 0.3 is 0 Å². The summed E-state index contributed by atoms with van der Waals surface area (Å²) in [7, 11) is 2.06. The van der Waals surface area contributed by atoms with Gasteiger partial charge < -0.3 is 10.2 Å². The molecule has 0 aromatic carbocycles. The molecule has 0 radical (unpaired) electrons. The third-order valence-corrected chi connectivity index (χ3v) is 3.85. The number of nitrogens with zero attached hydrogens (tertiary/aromatic N) is 3. The Morgan fingerprint density at radius 2 is 2.21 bits per heavy atom. The minimum atomic E-state index is 0.780. The van der Waals surface area contributed by atoms with Crippen LogP contribution in [0.2, 0.25) is 0 Å². The summed E-state index contributed by atoms with van der Waals surface area (Å²) in [6.45, 7) is 4.77. The average molecular weight is 276 g/mol. The third-order valence-electron chi connectivity index (χ3n) is 2.91. The van der Waals surface area contributed by atoms with Crippen molar-refractivity contribution in [3.63, 3.8) is 0 Å². The largest absolute Gasteiger partial charge is 0.358 e. The highest BCUT2D eigenvalue weighted by atomic mass is 32.1. The van der Waals surface area contributed by atoms with Crippen LogP contribution in [0.25, 0.3) is 0 Å². The lowest BCUT2D eigenvalue weighted by atomic mass is 10.3. The van der Waals surface area contributed by atoms with Crippen LogP contribution >= 0.6 is 11.3 Å². The van der Waals surface area contributed by atoms with Crippen molar-refractivity contribution in [1.29, 1.82) is 0 Å². The number of aromatic nitrogens is 2. The Bertz CT molecular complexity index is 467. The van der Waals surface area contributed by atoms with E-state index in [4.69, 9.17) is 0 Å². The standard InChI is InChI=1S/C14H20N4S/c1-3-15-9-12-10-17-14(11-16-12)18(2)7-6-13-5-4-8-19-13/h4-5,8,10-11,15H,3,6-7,9H2,1-2H3. The summed E-state index contributed by atoms with van der Waals surface area (Å²) in [6, 6.07) is 4.26. The molecule has 0 unspecified atom stereocenters. The first-order valence-electron chi connectivity index (χ1n) is 6.54. The van der Waals surface area contributed by atoms with Crippen molar-refractivity contribution in [2.45, 2.75) is 19.9 Å². The first-order valence-corrected chi connectivity index (χ1v) is 7.42. The minimum Gasteiger partial charge on any atom is -0.358 e. The van der Waals surface area contributed by atoms with Crippen LogP contribution in [-0.2, 0) is 13.0 Å². The van der Waals surface area contributed by atoms with Crippen molar-refractivity contribution in [3.8, 4) is 0 Å². The molecule has 5 heteroatoms. The van der Waals surface area contributed by atoms with E-state index < -0.39 is 0 Å².